The summed E-state index contributed by atoms with van der Waals surface area (Å²) in [5.74, 6) is 0. The Hall–Kier alpha value is -1.63. The van der Waals surface area contributed by atoms with Crippen molar-refractivity contribution in [2.45, 2.75) is 6.10 Å². The maximum atomic E-state index is 10.2. The summed E-state index contributed by atoms with van der Waals surface area (Å²) in [6.07, 6.45) is -0.666. The fraction of sp³-hybridized carbons (Fsp3) is 0.0714. The molecule has 2 nitrogen and oxygen atoms in total. The van der Waals surface area contributed by atoms with Gasteiger partial charge in [-0.05, 0) is 35.4 Å². The zero-order chi connectivity index (χ0) is 12.3. The third-order valence-electron chi connectivity index (χ3n) is 2.52. The lowest BCUT2D eigenvalue weighted by Gasteiger charge is -2.11. The van der Waals surface area contributed by atoms with Crippen LogP contribution in [0.3, 0.4) is 0 Å². The summed E-state index contributed by atoms with van der Waals surface area (Å²) in [6, 6.07) is 16.5. The van der Waals surface area contributed by atoms with E-state index in [0.29, 0.717) is 5.56 Å². The second-order valence-corrected chi connectivity index (χ2v) is 4.61. The Morgan fingerprint density at radius 3 is 2.35 bits per heavy atom. The first-order valence-electron chi connectivity index (χ1n) is 5.14. The lowest BCUT2D eigenvalue weighted by molar-refractivity contribution is 0.220. The van der Waals surface area contributed by atoms with Gasteiger partial charge in [0.25, 0.3) is 0 Å². The molecule has 0 aromatic heterocycles. The molecule has 0 heterocycles. The molecule has 2 rings (SSSR count). The Bertz CT molecular complexity index is 557. The van der Waals surface area contributed by atoms with Crippen LogP contribution in [0.15, 0.2) is 53.0 Å². The molecule has 2 aromatic rings. The molecule has 0 aliphatic rings. The average molecular weight is 288 g/mol. The van der Waals surface area contributed by atoms with Crippen LogP contribution in [0.2, 0.25) is 0 Å². The van der Waals surface area contributed by atoms with Gasteiger partial charge >= 0.3 is 0 Å². The first-order chi connectivity index (χ1) is 8.20. The van der Waals surface area contributed by atoms with Gasteiger partial charge in [0.2, 0.25) is 0 Å². The van der Waals surface area contributed by atoms with Crippen LogP contribution in [0.4, 0.5) is 0 Å². The Morgan fingerprint density at radius 2 is 1.76 bits per heavy atom. The number of nitrogens with zero attached hydrogens (tertiary/aromatic N) is 1. The number of benzene rings is 2. The quantitative estimate of drug-likeness (QED) is 0.920. The molecule has 0 aliphatic heterocycles. The molecule has 0 fully saturated rings. The number of hydrogen-bond acceptors (Lipinski definition) is 2. The topological polar surface area (TPSA) is 44.0 Å². The van der Waals surface area contributed by atoms with E-state index >= 15 is 0 Å². The fourth-order valence-corrected chi connectivity index (χ4v) is 2.03. The van der Waals surface area contributed by atoms with Gasteiger partial charge in [-0.25, -0.2) is 0 Å². The number of hydrogen-bond donors (Lipinski definition) is 1. The van der Waals surface area contributed by atoms with Crippen molar-refractivity contribution in [1.29, 1.82) is 5.26 Å². The van der Waals surface area contributed by atoms with Crippen LogP contribution >= 0.6 is 15.9 Å². The van der Waals surface area contributed by atoms with E-state index in [9.17, 15) is 5.11 Å². The van der Waals surface area contributed by atoms with Crippen LogP contribution in [-0.2, 0) is 0 Å². The lowest BCUT2D eigenvalue weighted by atomic mass is 10.0. The monoisotopic (exact) mass is 287 g/mol. The number of nitriles is 1. The molecular weight excluding hydrogens is 278 g/mol. The molecule has 84 valence electrons. The maximum Gasteiger partial charge on any atom is 0.104 e. The molecule has 1 N–H and O–H groups in total. The molecule has 17 heavy (non-hydrogen) atoms. The average Bonchev–Trinajstić information content (AvgIpc) is 2.38. The summed E-state index contributed by atoms with van der Waals surface area (Å²) in [4.78, 5) is 0. The summed E-state index contributed by atoms with van der Waals surface area (Å²) >= 11 is 3.37. The van der Waals surface area contributed by atoms with Gasteiger partial charge in [-0.15, -0.1) is 0 Å². The number of aliphatic hydroxyl groups excluding tert-OH is 1. The van der Waals surface area contributed by atoms with Crippen LogP contribution in [-0.4, -0.2) is 5.11 Å². The van der Waals surface area contributed by atoms with Crippen molar-refractivity contribution in [3.63, 3.8) is 0 Å². The minimum Gasteiger partial charge on any atom is -0.384 e. The Morgan fingerprint density at radius 1 is 1.06 bits per heavy atom. The summed E-state index contributed by atoms with van der Waals surface area (Å²) in [5.41, 5.74) is 2.20. The highest BCUT2D eigenvalue weighted by Crippen LogP contribution is 2.24. The normalized spacial score (nSPS) is 11.8. The Kier molecular flexibility index (Phi) is 3.58. The van der Waals surface area contributed by atoms with E-state index in [1.807, 2.05) is 24.3 Å². The smallest absolute Gasteiger partial charge is 0.104 e. The second kappa shape index (κ2) is 5.13. The second-order valence-electron chi connectivity index (χ2n) is 3.69. The summed E-state index contributed by atoms with van der Waals surface area (Å²) < 4.78 is 0.933. The van der Waals surface area contributed by atoms with Crippen molar-refractivity contribution in [3.8, 4) is 6.07 Å². The minimum atomic E-state index is -0.666. The van der Waals surface area contributed by atoms with Crippen molar-refractivity contribution in [2.24, 2.45) is 0 Å². The van der Waals surface area contributed by atoms with Gasteiger partial charge in [-0.3, -0.25) is 0 Å². The molecule has 0 radical (unpaired) electrons. The number of rotatable bonds is 2. The standard InChI is InChI=1S/C14H10BrNO/c15-13-3-1-2-12(8-13)14(17)11-6-4-10(9-16)5-7-11/h1-8,14,17H. The highest BCUT2D eigenvalue weighted by atomic mass is 79.9. The van der Waals surface area contributed by atoms with Crippen molar-refractivity contribution in [1.82, 2.24) is 0 Å². The predicted molar refractivity (Wildman–Crippen MR) is 69.4 cm³/mol. The molecule has 1 atom stereocenters. The van der Waals surface area contributed by atoms with Gasteiger partial charge < -0.3 is 5.11 Å². The molecule has 2 aromatic carbocycles. The van der Waals surface area contributed by atoms with Crippen LogP contribution in [0, 0.1) is 11.3 Å². The maximum absolute atomic E-state index is 10.2. The SMILES string of the molecule is N#Cc1ccc(C(O)c2cccc(Br)c2)cc1. The fourth-order valence-electron chi connectivity index (χ4n) is 1.61. The van der Waals surface area contributed by atoms with E-state index in [-0.39, 0.29) is 0 Å². The third-order valence-corrected chi connectivity index (χ3v) is 3.01. The molecule has 0 aliphatic carbocycles. The lowest BCUT2D eigenvalue weighted by Crippen LogP contribution is -1.99. The minimum absolute atomic E-state index is 0.593. The summed E-state index contributed by atoms with van der Waals surface area (Å²) in [5, 5.41) is 18.9. The van der Waals surface area contributed by atoms with Gasteiger partial charge in [-0.2, -0.15) is 5.26 Å². The Labute approximate surface area is 108 Å². The summed E-state index contributed by atoms with van der Waals surface area (Å²) in [6.45, 7) is 0. The van der Waals surface area contributed by atoms with Gasteiger partial charge in [0.1, 0.15) is 6.10 Å². The number of aliphatic hydroxyl groups is 1. The first-order valence-corrected chi connectivity index (χ1v) is 5.93. The van der Waals surface area contributed by atoms with E-state index < -0.39 is 6.10 Å². The molecule has 0 saturated carbocycles. The number of halogens is 1. The molecule has 0 saturated heterocycles. The van der Waals surface area contributed by atoms with E-state index in [1.165, 1.54) is 0 Å². The molecule has 3 heteroatoms. The van der Waals surface area contributed by atoms with E-state index in [0.717, 1.165) is 15.6 Å². The zero-order valence-electron chi connectivity index (χ0n) is 8.97. The van der Waals surface area contributed by atoms with E-state index in [4.69, 9.17) is 5.26 Å². The highest BCUT2D eigenvalue weighted by Gasteiger charge is 2.10. The first kappa shape index (κ1) is 11.8. The molecule has 0 amide bonds. The van der Waals surface area contributed by atoms with Crippen LogP contribution in [0.5, 0.6) is 0 Å². The van der Waals surface area contributed by atoms with Crippen molar-refractivity contribution in [2.75, 3.05) is 0 Å². The van der Waals surface area contributed by atoms with Gasteiger partial charge in [-0.1, -0.05) is 40.2 Å². The van der Waals surface area contributed by atoms with Crippen LogP contribution < -0.4 is 0 Å². The Balaban J connectivity index is 2.30. The van der Waals surface area contributed by atoms with Crippen LogP contribution in [0.25, 0.3) is 0 Å². The molecular formula is C14H10BrNO. The van der Waals surface area contributed by atoms with Gasteiger partial charge in [0, 0.05) is 4.47 Å². The zero-order valence-corrected chi connectivity index (χ0v) is 10.6. The van der Waals surface area contributed by atoms with Gasteiger partial charge in [0.05, 0.1) is 11.6 Å². The third kappa shape index (κ3) is 2.73. The van der Waals surface area contributed by atoms with Crippen molar-refractivity contribution in [3.05, 3.63) is 69.7 Å². The summed E-state index contributed by atoms with van der Waals surface area (Å²) in [7, 11) is 0. The van der Waals surface area contributed by atoms with E-state index in [2.05, 4.69) is 22.0 Å². The largest absolute Gasteiger partial charge is 0.384 e. The molecule has 0 bridgehead atoms. The molecule has 0 spiro atoms. The highest BCUT2D eigenvalue weighted by molar-refractivity contribution is 9.10. The predicted octanol–water partition coefficient (Wildman–Crippen LogP) is 3.40. The molecule has 1 unspecified atom stereocenters. The van der Waals surface area contributed by atoms with Crippen LogP contribution in [0.1, 0.15) is 22.8 Å². The van der Waals surface area contributed by atoms with Crippen molar-refractivity contribution >= 4 is 15.9 Å². The van der Waals surface area contributed by atoms with Crippen molar-refractivity contribution < 1.29 is 5.11 Å². The van der Waals surface area contributed by atoms with Gasteiger partial charge in [0.15, 0.2) is 0 Å². The van der Waals surface area contributed by atoms with E-state index in [1.54, 1.807) is 24.3 Å².